The van der Waals surface area contributed by atoms with Crippen molar-refractivity contribution in [1.82, 2.24) is 4.90 Å². The molecular formula is C33H35NO6. The monoisotopic (exact) mass is 541 g/mol. The van der Waals surface area contributed by atoms with Gasteiger partial charge in [-0.1, -0.05) is 63.2 Å². The molecule has 1 unspecified atom stereocenters. The van der Waals surface area contributed by atoms with Crippen LogP contribution in [0.3, 0.4) is 0 Å². The number of hydrogen-bond donors (Lipinski definition) is 1. The lowest BCUT2D eigenvalue weighted by atomic mass is 9.84. The topological polar surface area (TPSA) is 93.1 Å². The van der Waals surface area contributed by atoms with Crippen LogP contribution >= 0.6 is 0 Å². The molecule has 0 radical (unpaired) electrons. The zero-order valence-corrected chi connectivity index (χ0v) is 23.6. The number of ether oxygens (including phenoxy) is 2. The van der Waals surface area contributed by atoms with E-state index in [1.807, 2.05) is 64.1 Å². The third-order valence-corrected chi connectivity index (χ3v) is 6.83. The van der Waals surface area contributed by atoms with Crippen LogP contribution in [0.25, 0.3) is 5.76 Å². The maximum atomic E-state index is 13.5. The van der Waals surface area contributed by atoms with Gasteiger partial charge in [-0.2, -0.15) is 0 Å². The molecule has 1 fully saturated rings. The van der Waals surface area contributed by atoms with Gasteiger partial charge in [0.2, 0.25) is 0 Å². The van der Waals surface area contributed by atoms with Gasteiger partial charge in [0, 0.05) is 17.7 Å². The molecule has 0 aliphatic carbocycles. The molecule has 0 spiro atoms. The highest BCUT2D eigenvalue weighted by Crippen LogP contribution is 2.41. The SMILES string of the molecule is CCOC(=O)c1ccc(CN2C(=O)C(=O)/C(=C(\O)c3ccc(OCC)c(C(C)(C)C)c3)C2c2ccccc2)cc1. The maximum absolute atomic E-state index is 13.5. The first-order chi connectivity index (χ1) is 19.1. The first-order valence-electron chi connectivity index (χ1n) is 13.4. The minimum Gasteiger partial charge on any atom is -0.507 e. The molecule has 1 saturated heterocycles. The van der Waals surface area contributed by atoms with Crippen molar-refractivity contribution in [1.29, 1.82) is 0 Å². The van der Waals surface area contributed by atoms with E-state index < -0.39 is 23.7 Å². The third kappa shape index (κ3) is 5.78. The van der Waals surface area contributed by atoms with Gasteiger partial charge in [-0.05, 0) is 60.7 Å². The maximum Gasteiger partial charge on any atom is 0.338 e. The predicted octanol–water partition coefficient (Wildman–Crippen LogP) is 6.18. The van der Waals surface area contributed by atoms with Crippen LogP contribution in [0.1, 0.15) is 73.3 Å². The summed E-state index contributed by atoms with van der Waals surface area (Å²) in [5.74, 6) is -1.41. The highest BCUT2D eigenvalue weighted by atomic mass is 16.5. The molecule has 0 saturated carbocycles. The Balaban J connectivity index is 1.79. The lowest BCUT2D eigenvalue weighted by Crippen LogP contribution is -2.29. The Morgan fingerprint density at radius 3 is 2.15 bits per heavy atom. The van der Waals surface area contributed by atoms with Crippen LogP contribution in [0.4, 0.5) is 0 Å². The second-order valence-electron chi connectivity index (χ2n) is 10.6. The van der Waals surface area contributed by atoms with Gasteiger partial charge < -0.3 is 19.5 Å². The van der Waals surface area contributed by atoms with Crippen molar-refractivity contribution in [3.05, 3.63) is 106 Å². The zero-order valence-electron chi connectivity index (χ0n) is 23.6. The van der Waals surface area contributed by atoms with Crippen molar-refractivity contribution in [2.45, 2.75) is 52.6 Å². The van der Waals surface area contributed by atoms with Gasteiger partial charge in [0.25, 0.3) is 11.7 Å². The summed E-state index contributed by atoms with van der Waals surface area (Å²) in [6.07, 6.45) is 0. The number of ketones is 1. The molecule has 208 valence electrons. The van der Waals surface area contributed by atoms with Crippen LogP contribution in [0.2, 0.25) is 0 Å². The van der Waals surface area contributed by atoms with E-state index in [1.54, 1.807) is 43.3 Å². The Hall–Kier alpha value is -4.39. The number of nitrogens with zero attached hydrogens (tertiary/aromatic N) is 1. The number of likely N-dealkylation sites (tertiary alicyclic amines) is 1. The number of Topliss-reactive ketones (excluding diaryl/α,β-unsaturated/α-hetero) is 1. The summed E-state index contributed by atoms with van der Waals surface area (Å²) in [6, 6.07) is 20.4. The molecule has 7 heteroatoms. The fourth-order valence-corrected chi connectivity index (χ4v) is 4.88. The highest BCUT2D eigenvalue weighted by molar-refractivity contribution is 6.46. The second-order valence-corrected chi connectivity index (χ2v) is 10.6. The number of aliphatic hydroxyl groups excluding tert-OH is 1. The van der Waals surface area contributed by atoms with Crippen LogP contribution in [0.5, 0.6) is 5.75 Å². The van der Waals surface area contributed by atoms with Crippen LogP contribution in [-0.2, 0) is 26.3 Å². The molecule has 1 heterocycles. The first kappa shape index (κ1) is 28.6. The highest BCUT2D eigenvalue weighted by Gasteiger charge is 2.46. The lowest BCUT2D eigenvalue weighted by molar-refractivity contribution is -0.140. The van der Waals surface area contributed by atoms with Gasteiger partial charge in [-0.3, -0.25) is 9.59 Å². The Labute approximate surface area is 235 Å². The van der Waals surface area contributed by atoms with Crippen LogP contribution in [0.15, 0.2) is 78.4 Å². The van der Waals surface area contributed by atoms with Gasteiger partial charge >= 0.3 is 5.97 Å². The number of benzene rings is 3. The Kier molecular flexibility index (Phi) is 8.43. The molecule has 40 heavy (non-hydrogen) atoms. The standard InChI is InChI=1S/C33H35NO6/c1-6-39-26-18-17-24(19-25(26)33(3,4)5)29(35)27-28(22-11-9-8-10-12-22)34(31(37)30(27)36)20-21-13-15-23(16-14-21)32(38)40-7-2/h8-19,28,35H,6-7,20H2,1-5H3/b29-27-. The molecule has 1 aliphatic rings. The number of amides is 1. The summed E-state index contributed by atoms with van der Waals surface area (Å²) < 4.78 is 10.9. The number of carbonyl (C=O) groups excluding carboxylic acids is 3. The fraction of sp³-hybridized carbons (Fsp3) is 0.303. The molecule has 7 nitrogen and oxygen atoms in total. The molecular weight excluding hydrogens is 506 g/mol. The van der Waals surface area contributed by atoms with E-state index in [0.29, 0.717) is 29.0 Å². The number of rotatable bonds is 8. The van der Waals surface area contributed by atoms with Crippen LogP contribution in [0, 0.1) is 0 Å². The Morgan fingerprint density at radius 1 is 0.900 bits per heavy atom. The number of esters is 1. The molecule has 1 N–H and O–H groups in total. The Bertz CT molecular complexity index is 1430. The van der Waals surface area contributed by atoms with E-state index in [9.17, 15) is 19.5 Å². The summed E-state index contributed by atoms with van der Waals surface area (Å²) >= 11 is 0. The van der Waals surface area contributed by atoms with E-state index in [4.69, 9.17) is 9.47 Å². The zero-order chi connectivity index (χ0) is 29.0. The minimum absolute atomic E-state index is 0.0309. The largest absolute Gasteiger partial charge is 0.507 e. The minimum atomic E-state index is -0.796. The van der Waals surface area contributed by atoms with Crippen molar-refractivity contribution in [3.63, 3.8) is 0 Å². The van der Waals surface area contributed by atoms with Gasteiger partial charge in [-0.15, -0.1) is 0 Å². The van der Waals surface area contributed by atoms with Crippen molar-refractivity contribution in [2.75, 3.05) is 13.2 Å². The fourth-order valence-electron chi connectivity index (χ4n) is 4.88. The van der Waals surface area contributed by atoms with E-state index in [2.05, 4.69) is 0 Å². The van der Waals surface area contributed by atoms with Crippen LogP contribution in [-0.4, -0.2) is 40.9 Å². The van der Waals surface area contributed by atoms with Crippen molar-refractivity contribution >= 4 is 23.4 Å². The smallest absolute Gasteiger partial charge is 0.338 e. The van der Waals surface area contributed by atoms with Crippen LogP contribution < -0.4 is 4.74 Å². The summed E-state index contributed by atoms with van der Waals surface area (Å²) in [5.41, 5.74) is 2.89. The number of carbonyl (C=O) groups is 3. The van der Waals surface area contributed by atoms with E-state index in [-0.39, 0.29) is 29.9 Å². The third-order valence-electron chi connectivity index (χ3n) is 6.83. The Morgan fingerprint density at radius 2 is 1.55 bits per heavy atom. The molecule has 3 aromatic rings. The quantitative estimate of drug-likeness (QED) is 0.158. The number of hydrogen-bond acceptors (Lipinski definition) is 6. The summed E-state index contributed by atoms with van der Waals surface area (Å²) in [5, 5.41) is 11.6. The van der Waals surface area contributed by atoms with E-state index in [1.165, 1.54) is 4.90 Å². The molecule has 1 atom stereocenters. The molecule has 1 aliphatic heterocycles. The molecule has 0 bridgehead atoms. The first-order valence-corrected chi connectivity index (χ1v) is 13.4. The van der Waals surface area contributed by atoms with E-state index >= 15 is 0 Å². The molecule has 4 rings (SSSR count). The van der Waals surface area contributed by atoms with Gasteiger partial charge in [0.1, 0.15) is 11.5 Å². The molecule has 3 aromatic carbocycles. The summed E-state index contributed by atoms with van der Waals surface area (Å²) in [4.78, 5) is 40.4. The van der Waals surface area contributed by atoms with Crippen molar-refractivity contribution in [3.8, 4) is 5.75 Å². The average Bonchev–Trinajstić information content (AvgIpc) is 3.18. The van der Waals surface area contributed by atoms with Gasteiger partial charge in [0.15, 0.2) is 0 Å². The molecule has 1 amide bonds. The van der Waals surface area contributed by atoms with Crippen molar-refractivity contribution in [2.24, 2.45) is 0 Å². The lowest BCUT2D eigenvalue weighted by Gasteiger charge is -2.26. The summed E-state index contributed by atoms with van der Waals surface area (Å²) in [6.45, 7) is 10.7. The van der Waals surface area contributed by atoms with Gasteiger partial charge in [0.05, 0.1) is 30.4 Å². The predicted molar refractivity (Wildman–Crippen MR) is 153 cm³/mol. The number of aliphatic hydroxyl groups is 1. The normalized spacial score (nSPS) is 16.7. The molecule has 0 aromatic heterocycles. The van der Waals surface area contributed by atoms with Gasteiger partial charge in [-0.25, -0.2) is 4.79 Å². The van der Waals surface area contributed by atoms with Crippen molar-refractivity contribution < 1.29 is 29.0 Å². The van der Waals surface area contributed by atoms with E-state index in [0.717, 1.165) is 11.1 Å². The summed E-state index contributed by atoms with van der Waals surface area (Å²) in [7, 11) is 0. The average molecular weight is 542 g/mol. The second kappa shape index (κ2) is 11.8.